The fourth-order valence-corrected chi connectivity index (χ4v) is 1.47. The molecule has 1 atom stereocenters. The summed E-state index contributed by atoms with van der Waals surface area (Å²) >= 11 is 0. The van der Waals surface area contributed by atoms with Crippen LogP contribution in [0.2, 0.25) is 0 Å². The van der Waals surface area contributed by atoms with Gasteiger partial charge in [-0.1, -0.05) is 19.3 Å². The molecule has 2 N–H and O–H groups in total. The average molecular weight is 235 g/mol. The highest BCUT2D eigenvalue weighted by atomic mass is 19.1. The van der Waals surface area contributed by atoms with E-state index in [0.29, 0.717) is 5.69 Å². The highest BCUT2D eigenvalue weighted by Gasteiger charge is 2.11. The molecular weight excluding hydrogens is 221 g/mol. The fourth-order valence-electron chi connectivity index (χ4n) is 1.47. The first-order valence-electron chi connectivity index (χ1n) is 5.34. The van der Waals surface area contributed by atoms with Gasteiger partial charge in [0.25, 0.3) is 0 Å². The third-order valence-corrected chi connectivity index (χ3v) is 2.32. The van der Waals surface area contributed by atoms with Gasteiger partial charge in [0.1, 0.15) is 5.82 Å². The van der Waals surface area contributed by atoms with E-state index in [2.05, 4.69) is 11.2 Å². The van der Waals surface area contributed by atoms with Crippen molar-refractivity contribution >= 4 is 11.7 Å². The van der Waals surface area contributed by atoms with Crippen LogP contribution in [0.15, 0.2) is 18.2 Å². The van der Waals surface area contributed by atoms with Crippen molar-refractivity contribution in [2.75, 3.05) is 5.32 Å². The number of carboxylic acid groups (broad SMARTS) is 1. The Morgan fingerprint density at radius 3 is 2.82 bits per heavy atom. The molecule has 0 radical (unpaired) electrons. The molecule has 0 heterocycles. The first kappa shape index (κ1) is 13.0. The molecule has 0 spiro atoms. The number of rotatable bonds is 5. The monoisotopic (exact) mass is 235 g/mol. The Hall–Kier alpha value is -2.02. The van der Waals surface area contributed by atoms with Gasteiger partial charge >= 0.3 is 5.97 Å². The van der Waals surface area contributed by atoms with Crippen LogP contribution in [0.5, 0.6) is 0 Å². The van der Waals surface area contributed by atoms with Crippen molar-refractivity contribution in [1.82, 2.24) is 0 Å². The largest absolute Gasteiger partial charge is 0.478 e. The molecule has 1 aromatic rings. The number of carbonyl (C=O) groups is 1. The molecule has 0 bridgehead atoms. The number of halogens is 1. The van der Waals surface area contributed by atoms with Crippen molar-refractivity contribution in [1.29, 1.82) is 0 Å². The molecular formula is C13H14FNO2. The minimum Gasteiger partial charge on any atom is -0.478 e. The van der Waals surface area contributed by atoms with Crippen LogP contribution in [-0.4, -0.2) is 17.1 Å². The van der Waals surface area contributed by atoms with Gasteiger partial charge in [-0.2, -0.15) is 0 Å². The predicted molar refractivity (Wildman–Crippen MR) is 64.5 cm³/mol. The number of anilines is 1. The van der Waals surface area contributed by atoms with Crippen LogP contribution in [0, 0.1) is 18.2 Å². The molecule has 0 amide bonds. The number of aromatic carboxylic acids is 1. The molecule has 1 aromatic carbocycles. The minimum absolute atomic E-state index is 0.171. The lowest BCUT2D eigenvalue weighted by atomic mass is 10.1. The Balaban J connectivity index is 2.84. The number of terminal acetylenes is 1. The molecule has 0 saturated heterocycles. The molecule has 4 heteroatoms. The van der Waals surface area contributed by atoms with E-state index in [1.165, 1.54) is 12.1 Å². The van der Waals surface area contributed by atoms with Gasteiger partial charge < -0.3 is 10.4 Å². The van der Waals surface area contributed by atoms with Gasteiger partial charge in [0.2, 0.25) is 0 Å². The van der Waals surface area contributed by atoms with Crippen LogP contribution in [0.3, 0.4) is 0 Å². The van der Waals surface area contributed by atoms with E-state index in [0.717, 1.165) is 18.9 Å². The maximum absolute atomic E-state index is 13.4. The van der Waals surface area contributed by atoms with Crippen LogP contribution in [0.1, 0.15) is 30.1 Å². The zero-order valence-corrected chi connectivity index (χ0v) is 9.53. The summed E-state index contributed by atoms with van der Waals surface area (Å²) in [6, 6.07) is 3.70. The summed E-state index contributed by atoms with van der Waals surface area (Å²) < 4.78 is 13.4. The molecule has 0 aliphatic rings. The zero-order chi connectivity index (χ0) is 12.8. The Morgan fingerprint density at radius 2 is 2.35 bits per heavy atom. The van der Waals surface area contributed by atoms with Gasteiger partial charge in [-0.15, -0.1) is 6.42 Å². The third kappa shape index (κ3) is 3.49. The lowest BCUT2D eigenvalue weighted by molar-refractivity contribution is 0.0692. The summed E-state index contributed by atoms with van der Waals surface area (Å²) in [7, 11) is 0. The van der Waals surface area contributed by atoms with E-state index < -0.39 is 11.8 Å². The van der Waals surface area contributed by atoms with Gasteiger partial charge in [-0.3, -0.25) is 0 Å². The van der Waals surface area contributed by atoms with Crippen molar-refractivity contribution < 1.29 is 14.3 Å². The van der Waals surface area contributed by atoms with Crippen LogP contribution in [0.4, 0.5) is 10.1 Å². The summed E-state index contributed by atoms with van der Waals surface area (Å²) in [5.41, 5.74) is 0.146. The standard InChI is InChI=1S/C13H14FNO2/c1-3-5-9(4-2)15-10-6-7-11(13(16)17)12(14)8-10/h2,6-9,15H,3,5H2,1H3,(H,16,17). The zero-order valence-electron chi connectivity index (χ0n) is 9.53. The molecule has 0 aliphatic heterocycles. The lowest BCUT2D eigenvalue weighted by Gasteiger charge is -2.13. The first-order valence-corrected chi connectivity index (χ1v) is 5.34. The van der Waals surface area contributed by atoms with Crippen molar-refractivity contribution in [3.8, 4) is 12.3 Å². The van der Waals surface area contributed by atoms with Crippen molar-refractivity contribution in [3.63, 3.8) is 0 Å². The Bertz CT molecular complexity index is 451. The first-order chi connectivity index (χ1) is 8.08. The van der Waals surface area contributed by atoms with Crippen molar-refractivity contribution in [2.24, 2.45) is 0 Å². The number of hydrogen-bond donors (Lipinski definition) is 2. The minimum atomic E-state index is -1.28. The molecule has 0 aromatic heterocycles. The second-order valence-corrected chi connectivity index (χ2v) is 3.65. The molecule has 0 fully saturated rings. The van der Waals surface area contributed by atoms with Crippen molar-refractivity contribution in [3.05, 3.63) is 29.6 Å². The summed E-state index contributed by atoms with van der Waals surface area (Å²) in [4.78, 5) is 10.6. The van der Waals surface area contributed by atoms with Crippen LogP contribution >= 0.6 is 0 Å². The Morgan fingerprint density at radius 1 is 1.65 bits per heavy atom. The summed E-state index contributed by atoms with van der Waals surface area (Å²) in [6.07, 6.45) is 7.01. The molecule has 3 nitrogen and oxygen atoms in total. The van der Waals surface area contributed by atoms with Crippen LogP contribution in [0.25, 0.3) is 0 Å². The van der Waals surface area contributed by atoms with Gasteiger partial charge in [-0.05, 0) is 24.6 Å². The van der Waals surface area contributed by atoms with Crippen LogP contribution < -0.4 is 5.32 Å². The molecule has 0 aliphatic carbocycles. The van der Waals surface area contributed by atoms with E-state index >= 15 is 0 Å². The second kappa shape index (κ2) is 5.90. The highest BCUT2D eigenvalue weighted by Crippen LogP contribution is 2.16. The van der Waals surface area contributed by atoms with Gasteiger partial charge in [-0.25, -0.2) is 9.18 Å². The second-order valence-electron chi connectivity index (χ2n) is 3.65. The third-order valence-electron chi connectivity index (χ3n) is 2.32. The predicted octanol–water partition coefficient (Wildman–Crippen LogP) is 2.74. The fraction of sp³-hybridized carbons (Fsp3) is 0.308. The average Bonchev–Trinajstić information content (AvgIpc) is 2.28. The van der Waals surface area contributed by atoms with E-state index in [1.807, 2.05) is 6.92 Å². The lowest BCUT2D eigenvalue weighted by Crippen LogP contribution is -2.17. The Labute approximate surface area is 99.7 Å². The maximum atomic E-state index is 13.4. The van der Waals surface area contributed by atoms with E-state index in [4.69, 9.17) is 11.5 Å². The van der Waals surface area contributed by atoms with Crippen LogP contribution in [-0.2, 0) is 0 Å². The quantitative estimate of drug-likeness (QED) is 0.771. The maximum Gasteiger partial charge on any atom is 0.338 e. The summed E-state index contributed by atoms with van der Waals surface area (Å²) in [5, 5.41) is 11.6. The summed E-state index contributed by atoms with van der Waals surface area (Å²) in [5.74, 6) is 0.508. The van der Waals surface area contributed by atoms with Crippen molar-refractivity contribution in [2.45, 2.75) is 25.8 Å². The number of carboxylic acids is 1. The van der Waals surface area contributed by atoms with Gasteiger partial charge in [0.05, 0.1) is 11.6 Å². The molecule has 1 rings (SSSR count). The normalized spacial score (nSPS) is 11.6. The molecule has 1 unspecified atom stereocenters. The summed E-state index contributed by atoms with van der Waals surface area (Å²) in [6.45, 7) is 2.00. The smallest absolute Gasteiger partial charge is 0.338 e. The molecule has 90 valence electrons. The Kier molecular flexibility index (Phi) is 4.53. The van der Waals surface area contributed by atoms with Gasteiger partial charge in [0, 0.05) is 5.69 Å². The topological polar surface area (TPSA) is 49.3 Å². The SMILES string of the molecule is C#CC(CCC)Nc1ccc(C(=O)O)c(F)c1. The number of hydrogen-bond acceptors (Lipinski definition) is 2. The molecule has 17 heavy (non-hydrogen) atoms. The van der Waals surface area contributed by atoms with E-state index in [-0.39, 0.29) is 11.6 Å². The molecule has 0 saturated carbocycles. The number of nitrogens with one attached hydrogen (secondary N) is 1. The van der Waals surface area contributed by atoms with Gasteiger partial charge in [0.15, 0.2) is 0 Å². The number of benzene rings is 1. The highest BCUT2D eigenvalue weighted by molar-refractivity contribution is 5.88. The van der Waals surface area contributed by atoms with E-state index in [1.54, 1.807) is 0 Å². The van der Waals surface area contributed by atoms with E-state index in [9.17, 15) is 9.18 Å².